The van der Waals surface area contributed by atoms with Gasteiger partial charge in [0, 0.05) is 32.4 Å². The van der Waals surface area contributed by atoms with E-state index >= 15 is 0 Å². The highest BCUT2D eigenvalue weighted by molar-refractivity contribution is 5.44. The van der Waals surface area contributed by atoms with Gasteiger partial charge in [-0.1, -0.05) is 18.2 Å². The number of anilines is 1. The van der Waals surface area contributed by atoms with Gasteiger partial charge in [0.25, 0.3) is 0 Å². The first-order chi connectivity index (χ1) is 8.80. The molecule has 108 valence electrons. The SMILES string of the molecule is CN(CCN(C)c1ccccc1)CC(O)C(F)(F)F. The molecular formula is C13H19F3N2O. The number of alkyl halides is 3. The van der Waals surface area contributed by atoms with Gasteiger partial charge in [-0.25, -0.2) is 0 Å². The normalized spacial score (nSPS) is 13.6. The fourth-order valence-corrected chi connectivity index (χ4v) is 1.62. The van der Waals surface area contributed by atoms with Crippen LogP contribution >= 0.6 is 0 Å². The van der Waals surface area contributed by atoms with Crippen LogP contribution in [0.4, 0.5) is 18.9 Å². The van der Waals surface area contributed by atoms with Crippen LogP contribution in [0, 0.1) is 0 Å². The molecule has 6 heteroatoms. The monoisotopic (exact) mass is 276 g/mol. The van der Waals surface area contributed by atoms with Gasteiger partial charge in [-0.05, 0) is 19.2 Å². The fraction of sp³-hybridized carbons (Fsp3) is 0.538. The summed E-state index contributed by atoms with van der Waals surface area (Å²) in [4.78, 5) is 3.42. The Morgan fingerprint density at radius 2 is 1.68 bits per heavy atom. The van der Waals surface area contributed by atoms with Gasteiger partial charge in [0.2, 0.25) is 0 Å². The van der Waals surface area contributed by atoms with E-state index in [2.05, 4.69) is 0 Å². The Hall–Kier alpha value is -1.27. The number of benzene rings is 1. The summed E-state index contributed by atoms with van der Waals surface area (Å²) in [6.45, 7) is 0.621. The molecule has 3 nitrogen and oxygen atoms in total. The molecular weight excluding hydrogens is 257 g/mol. The van der Waals surface area contributed by atoms with Gasteiger partial charge in [0.1, 0.15) is 0 Å². The van der Waals surface area contributed by atoms with Crippen LogP contribution in [0.25, 0.3) is 0 Å². The number of hydrogen-bond donors (Lipinski definition) is 1. The van der Waals surface area contributed by atoms with Gasteiger partial charge in [0.15, 0.2) is 6.10 Å². The summed E-state index contributed by atoms with van der Waals surface area (Å²) in [6, 6.07) is 9.59. The minimum Gasteiger partial charge on any atom is -0.382 e. The highest BCUT2D eigenvalue weighted by Gasteiger charge is 2.38. The van der Waals surface area contributed by atoms with Crippen molar-refractivity contribution >= 4 is 5.69 Å². The maximum atomic E-state index is 12.2. The molecule has 19 heavy (non-hydrogen) atoms. The van der Waals surface area contributed by atoms with Crippen molar-refractivity contribution < 1.29 is 18.3 Å². The van der Waals surface area contributed by atoms with E-state index < -0.39 is 18.8 Å². The van der Waals surface area contributed by atoms with E-state index in [1.807, 2.05) is 42.3 Å². The number of hydrogen-bond acceptors (Lipinski definition) is 3. The molecule has 0 amide bonds. The van der Waals surface area contributed by atoms with E-state index in [9.17, 15) is 13.2 Å². The molecule has 0 heterocycles. The van der Waals surface area contributed by atoms with Crippen molar-refractivity contribution in [1.82, 2.24) is 4.90 Å². The van der Waals surface area contributed by atoms with Crippen LogP contribution in [0.5, 0.6) is 0 Å². The smallest absolute Gasteiger partial charge is 0.382 e. The molecule has 0 bridgehead atoms. The number of rotatable bonds is 6. The second-order valence-corrected chi connectivity index (χ2v) is 4.58. The minimum absolute atomic E-state index is 0.411. The summed E-state index contributed by atoms with van der Waals surface area (Å²) in [6.07, 6.45) is -6.85. The molecule has 0 aliphatic heterocycles. The van der Waals surface area contributed by atoms with Crippen LogP contribution in [0.3, 0.4) is 0 Å². The highest BCUT2D eigenvalue weighted by Crippen LogP contribution is 2.20. The number of nitrogens with zero attached hydrogens (tertiary/aromatic N) is 2. The Bertz CT molecular complexity index is 370. The summed E-state index contributed by atoms with van der Waals surface area (Å²) in [7, 11) is 3.44. The van der Waals surface area contributed by atoms with Crippen molar-refractivity contribution in [3.63, 3.8) is 0 Å². The van der Waals surface area contributed by atoms with Crippen molar-refractivity contribution in [2.45, 2.75) is 12.3 Å². The number of likely N-dealkylation sites (N-methyl/N-ethyl adjacent to an activating group) is 2. The topological polar surface area (TPSA) is 26.7 Å². The Morgan fingerprint density at radius 1 is 1.11 bits per heavy atom. The van der Waals surface area contributed by atoms with Gasteiger partial charge >= 0.3 is 6.18 Å². The number of aliphatic hydroxyl groups excluding tert-OH is 1. The fourth-order valence-electron chi connectivity index (χ4n) is 1.62. The lowest BCUT2D eigenvalue weighted by atomic mass is 10.3. The molecule has 0 radical (unpaired) electrons. The zero-order valence-electron chi connectivity index (χ0n) is 11.1. The number of aliphatic hydroxyl groups is 1. The predicted octanol–water partition coefficient (Wildman–Crippen LogP) is 1.98. The van der Waals surface area contributed by atoms with Crippen LogP contribution < -0.4 is 4.90 Å². The highest BCUT2D eigenvalue weighted by atomic mass is 19.4. The standard InChI is InChI=1S/C13H19F3N2O/c1-17(10-12(19)13(14,15)16)8-9-18(2)11-6-4-3-5-7-11/h3-7,12,19H,8-10H2,1-2H3. The summed E-state index contributed by atoms with van der Waals surface area (Å²) in [5, 5.41) is 8.96. The molecule has 0 fully saturated rings. The van der Waals surface area contributed by atoms with Gasteiger partial charge in [-0.15, -0.1) is 0 Å². The number of para-hydroxylation sites is 1. The minimum atomic E-state index is -4.56. The molecule has 0 aliphatic rings. The summed E-state index contributed by atoms with van der Waals surface area (Å²) >= 11 is 0. The van der Waals surface area contributed by atoms with Crippen LogP contribution in [0.1, 0.15) is 0 Å². The summed E-state index contributed by atoms with van der Waals surface area (Å²) in [5.41, 5.74) is 1.01. The molecule has 1 atom stereocenters. The van der Waals surface area contributed by atoms with E-state index in [0.717, 1.165) is 5.69 Å². The zero-order chi connectivity index (χ0) is 14.5. The first-order valence-electron chi connectivity index (χ1n) is 6.00. The second-order valence-electron chi connectivity index (χ2n) is 4.58. The average molecular weight is 276 g/mol. The van der Waals surface area contributed by atoms with E-state index in [1.54, 1.807) is 7.05 Å². The lowest BCUT2D eigenvalue weighted by molar-refractivity contribution is -0.207. The first kappa shape index (κ1) is 15.8. The molecule has 0 spiro atoms. The van der Waals surface area contributed by atoms with Crippen LogP contribution in [0.2, 0.25) is 0 Å². The van der Waals surface area contributed by atoms with Crippen LogP contribution in [-0.2, 0) is 0 Å². The van der Waals surface area contributed by atoms with Gasteiger partial charge in [-0.2, -0.15) is 13.2 Å². The Labute approximate surface area is 111 Å². The molecule has 1 unspecified atom stereocenters. The maximum Gasteiger partial charge on any atom is 0.415 e. The molecule has 0 aromatic heterocycles. The van der Waals surface area contributed by atoms with Gasteiger partial charge in [0.05, 0.1) is 0 Å². The van der Waals surface area contributed by atoms with Crippen molar-refractivity contribution in [3.05, 3.63) is 30.3 Å². The maximum absolute atomic E-state index is 12.2. The Kier molecular flexibility index (Phi) is 5.62. The van der Waals surface area contributed by atoms with Gasteiger partial charge < -0.3 is 14.9 Å². The molecule has 0 saturated heterocycles. The third-order valence-electron chi connectivity index (χ3n) is 2.88. The molecule has 0 saturated carbocycles. The predicted molar refractivity (Wildman–Crippen MR) is 69.3 cm³/mol. The van der Waals surface area contributed by atoms with E-state index in [0.29, 0.717) is 13.1 Å². The van der Waals surface area contributed by atoms with Crippen molar-refractivity contribution in [2.24, 2.45) is 0 Å². The Balaban J connectivity index is 2.36. The quantitative estimate of drug-likeness (QED) is 0.860. The molecule has 1 rings (SSSR count). The largest absolute Gasteiger partial charge is 0.415 e. The van der Waals surface area contributed by atoms with Gasteiger partial charge in [-0.3, -0.25) is 0 Å². The zero-order valence-corrected chi connectivity index (χ0v) is 11.1. The lowest BCUT2D eigenvalue weighted by Gasteiger charge is -2.25. The summed E-state index contributed by atoms with van der Waals surface area (Å²) in [5.74, 6) is 0. The van der Waals surface area contributed by atoms with E-state index in [4.69, 9.17) is 5.11 Å². The van der Waals surface area contributed by atoms with Crippen molar-refractivity contribution in [1.29, 1.82) is 0 Å². The van der Waals surface area contributed by atoms with E-state index in [1.165, 1.54) is 4.90 Å². The van der Waals surface area contributed by atoms with E-state index in [-0.39, 0.29) is 0 Å². The molecule has 0 aliphatic carbocycles. The van der Waals surface area contributed by atoms with Crippen LogP contribution in [-0.4, -0.2) is 56.0 Å². The average Bonchev–Trinajstić information content (AvgIpc) is 2.35. The summed E-state index contributed by atoms with van der Waals surface area (Å²) < 4.78 is 36.6. The third-order valence-corrected chi connectivity index (χ3v) is 2.88. The Morgan fingerprint density at radius 3 is 2.21 bits per heavy atom. The third kappa shape index (κ3) is 5.48. The first-order valence-corrected chi connectivity index (χ1v) is 6.00. The molecule has 1 N–H and O–H groups in total. The molecule has 1 aromatic carbocycles. The second kappa shape index (κ2) is 6.77. The van der Waals surface area contributed by atoms with Crippen molar-refractivity contribution in [3.8, 4) is 0 Å². The van der Waals surface area contributed by atoms with Crippen LogP contribution in [0.15, 0.2) is 30.3 Å². The number of halogens is 3. The van der Waals surface area contributed by atoms with Crippen molar-refractivity contribution in [2.75, 3.05) is 38.6 Å². The molecule has 1 aromatic rings. The lowest BCUT2D eigenvalue weighted by Crippen LogP contribution is -2.41.